The van der Waals surface area contributed by atoms with E-state index in [1.165, 1.54) is 0 Å². The van der Waals surface area contributed by atoms with Crippen LogP contribution in [0.3, 0.4) is 0 Å². The second-order valence-electron chi connectivity index (χ2n) is 5.01. The fourth-order valence-corrected chi connectivity index (χ4v) is 2.79. The van der Waals surface area contributed by atoms with Crippen LogP contribution in [-0.2, 0) is 11.3 Å². The van der Waals surface area contributed by atoms with Crippen LogP contribution in [0.5, 0.6) is 0 Å². The van der Waals surface area contributed by atoms with Crippen molar-refractivity contribution in [3.63, 3.8) is 0 Å². The highest BCUT2D eigenvalue weighted by Gasteiger charge is 2.02. The summed E-state index contributed by atoms with van der Waals surface area (Å²) in [5, 5.41) is 11.5. The summed E-state index contributed by atoms with van der Waals surface area (Å²) < 4.78 is 1.84. The molecule has 2 aromatic heterocycles. The van der Waals surface area contributed by atoms with E-state index in [0.29, 0.717) is 13.1 Å². The number of amides is 1. The average Bonchev–Trinajstić information content (AvgIpc) is 3.25. The van der Waals surface area contributed by atoms with Crippen LogP contribution in [0.15, 0.2) is 65.5 Å². The summed E-state index contributed by atoms with van der Waals surface area (Å²) in [4.78, 5) is 11.8. The summed E-state index contributed by atoms with van der Waals surface area (Å²) in [6.45, 7) is 1.19. The summed E-state index contributed by atoms with van der Waals surface area (Å²) in [6.07, 6.45) is 5.28. The molecule has 2 heterocycles. The first-order valence-electron chi connectivity index (χ1n) is 7.38. The van der Waals surface area contributed by atoms with E-state index < -0.39 is 0 Å². The van der Waals surface area contributed by atoms with Crippen molar-refractivity contribution in [2.24, 2.45) is 0 Å². The Balaban J connectivity index is 1.46. The van der Waals surface area contributed by atoms with Gasteiger partial charge in [0.05, 0.1) is 12.2 Å². The van der Waals surface area contributed by atoms with Gasteiger partial charge < -0.3 is 5.32 Å². The van der Waals surface area contributed by atoms with E-state index in [-0.39, 0.29) is 5.91 Å². The van der Waals surface area contributed by atoms with Crippen molar-refractivity contribution in [2.75, 3.05) is 6.54 Å². The molecule has 0 atom stereocenters. The van der Waals surface area contributed by atoms with Crippen molar-refractivity contribution in [1.82, 2.24) is 15.1 Å². The van der Waals surface area contributed by atoms with Crippen molar-refractivity contribution in [3.8, 4) is 11.3 Å². The third-order valence-electron chi connectivity index (χ3n) is 3.32. The smallest absolute Gasteiger partial charge is 0.244 e. The van der Waals surface area contributed by atoms with E-state index >= 15 is 0 Å². The number of carbonyl (C=O) groups excluding carboxylic acids is 1. The first kappa shape index (κ1) is 15.2. The quantitative estimate of drug-likeness (QED) is 0.706. The van der Waals surface area contributed by atoms with E-state index in [9.17, 15) is 4.79 Å². The van der Waals surface area contributed by atoms with Gasteiger partial charge in [-0.1, -0.05) is 30.3 Å². The zero-order valence-electron chi connectivity index (χ0n) is 12.6. The highest BCUT2D eigenvalue weighted by molar-refractivity contribution is 7.08. The summed E-state index contributed by atoms with van der Waals surface area (Å²) in [5.41, 5.74) is 3.10. The molecule has 3 aromatic rings. The van der Waals surface area contributed by atoms with Crippen molar-refractivity contribution in [3.05, 3.63) is 71.1 Å². The Bertz CT molecular complexity index is 776. The van der Waals surface area contributed by atoms with Crippen LogP contribution in [0.4, 0.5) is 0 Å². The first-order valence-corrected chi connectivity index (χ1v) is 8.32. The zero-order valence-corrected chi connectivity index (χ0v) is 13.4. The lowest BCUT2D eigenvalue weighted by molar-refractivity contribution is -0.116. The minimum Gasteiger partial charge on any atom is -0.351 e. The monoisotopic (exact) mass is 323 g/mol. The highest BCUT2D eigenvalue weighted by Crippen LogP contribution is 2.19. The number of nitrogens with one attached hydrogen (secondary N) is 1. The minimum atomic E-state index is -0.0981. The highest BCUT2D eigenvalue weighted by atomic mass is 32.1. The molecule has 0 fully saturated rings. The molecule has 0 spiro atoms. The Morgan fingerprint density at radius 2 is 2.09 bits per heavy atom. The van der Waals surface area contributed by atoms with E-state index in [2.05, 4.69) is 15.8 Å². The molecular weight excluding hydrogens is 306 g/mol. The van der Waals surface area contributed by atoms with Gasteiger partial charge in [0.1, 0.15) is 0 Å². The normalized spacial score (nSPS) is 11.0. The third-order valence-corrected chi connectivity index (χ3v) is 4.01. The van der Waals surface area contributed by atoms with Crippen LogP contribution < -0.4 is 5.32 Å². The van der Waals surface area contributed by atoms with Gasteiger partial charge in [0, 0.05) is 29.8 Å². The molecule has 0 aliphatic heterocycles. The lowest BCUT2D eigenvalue weighted by Crippen LogP contribution is -2.25. The van der Waals surface area contributed by atoms with Crippen LogP contribution in [0.25, 0.3) is 17.3 Å². The number of benzene rings is 1. The van der Waals surface area contributed by atoms with Gasteiger partial charge in [-0.25, -0.2) is 0 Å². The first-order chi connectivity index (χ1) is 11.3. The predicted molar refractivity (Wildman–Crippen MR) is 94.0 cm³/mol. The Hall–Kier alpha value is -2.66. The molecule has 4 nitrogen and oxygen atoms in total. The van der Waals surface area contributed by atoms with Gasteiger partial charge in [-0.05, 0) is 29.2 Å². The Kier molecular flexibility index (Phi) is 5.01. The average molecular weight is 323 g/mol. The maximum Gasteiger partial charge on any atom is 0.244 e. The summed E-state index contributed by atoms with van der Waals surface area (Å²) in [5.74, 6) is -0.0981. The predicted octanol–water partition coefficient (Wildman–Crippen LogP) is 3.44. The Morgan fingerprint density at radius 3 is 2.87 bits per heavy atom. The minimum absolute atomic E-state index is 0.0981. The van der Waals surface area contributed by atoms with Crippen LogP contribution >= 0.6 is 11.3 Å². The molecular formula is C18H17N3OS. The van der Waals surface area contributed by atoms with E-state index in [1.54, 1.807) is 23.5 Å². The van der Waals surface area contributed by atoms with Gasteiger partial charge in [0.2, 0.25) is 5.91 Å². The standard InChI is InChI=1S/C18H17N3OS/c22-18(7-6-15-4-2-1-3-5-15)19-10-12-21-11-8-17(20-21)16-9-13-23-14-16/h1-9,11,13-14H,10,12H2,(H,19,22)/b7-6+. The molecule has 1 aromatic carbocycles. The number of aromatic nitrogens is 2. The molecule has 5 heteroatoms. The van der Waals surface area contributed by atoms with Crippen molar-refractivity contribution in [2.45, 2.75) is 6.54 Å². The largest absolute Gasteiger partial charge is 0.351 e. The molecule has 0 saturated heterocycles. The van der Waals surface area contributed by atoms with E-state index in [4.69, 9.17) is 0 Å². The number of rotatable bonds is 6. The summed E-state index contributed by atoms with van der Waals surface area (Å²) in [7, 11) is 0. The molecule has 0 bridgehead atoms. The fraction of sp³-hybridized carbons (Fsp3) is 0.111. The van der Waals surface area contributed by atoms with Crippen LogP contribution in [-0.4, -0.2) is 22.2 Å². The summed E-state index contributed by atoms with van der Waals surface area (Å²) >= 11 is 1.66. The van der Waals surface area contributed by atoms with Gasteiger partial charge in [-0.3, -0.25) is 9.48 Å². The van der Waals surface area contributed by atoms with Gasteiger partial charge in [0.25, 0.3) is 0 Å². The van der Waals surface area contributed by atoms with Crippen LogP contribution in [0, 0.1) is 0 Å². The second kappa shape index (κ2) is 7.56. The van der Waals surface area contributed by atoms with Gasteiger partial charge in [-0.2, -0.15) is 16.4 Å². The lowest BCUT2D eigenvalue weighted by atomic mass is 10.2. The second-order valence-corrected chi connectivity index (χ2v) is 5.79. The van der Waals surface area contributed by atoms with Crippen LogP contribution in [0.1, 0.15) is 5.56 Å². The van der Waals surface area contributed by atoms with E-state index in [0.717, 1.165) is 16.8 Å². The molecule has 116 valence electrons. The van der Waals surface area contributed by atoms with Gasteiger partial charge >= 0.3 is 0 Å². The molecule has 3 rings (SSSR count). The Labute approximate surface area is 139 Å². The molecule has 0 saturated carbocycles. The van der Waals surface area contributed by atoms with E-state index in [1.807, 2.05) is 58.7 Å². The van der Waals surface area contributed by atoms with Crippen molar-refractivity contribution < 1.29 is 4.79 Å². The van der Waals surface area contributed by atoms with Crippen molar-refractivity contribution in [1.29, 1.82) is 0 Å². The zero-order chi connectivity index (χ0) is 15.9. The number of nitrogens with zero attached hydrogens (tertiary/aromatic N) is 2. The SMILES string of the molecule is O=C(/C=C/c1ccccc1)NCCn1ccc(-c2ccsc2)n1. The van der Waals surface area contributed by atoms with Crippen LogP contribution in [0.2, 0.25) is 0 Å². The number of carbonyl (C=O) groups is 1. The lowest BCUT2D eigenvalue weighted by Gasteiger charge is -2.02. The Morgan fingerprint density at radius 1 is 1.22 bits per heavy atom. The maximum atomic E-state index is 11.8. The van der Waals surface area contributed by atoms with Gasteiger partial charge in [-0.15, -0.1) is 0 Å². The maximum absolute atomic E-state index is 11.8. The van der Waals surface area contributed by atoms with Gasteiger partial charge in [0.15, 0.2) is 0 Å². The molecule has 0 unspecified atom stereocenters. The van der Waals surface area contributed by atoms with Crippen molar-refractivity contribution >= 4 is 23.3 Å². The molecule has 0 radical (unpaired) electrons. The number of hydrogen-bond donors (Lipinski definition) is 1. The molecule has 1 amide bonds. The third kappa shape index (κ3) is 4.40. The fourth-order valence-electron chi connectivity index (χ4n) is 2.14. The summed E-state index contributed by atoms with van der Waals surface area (Å²) in [6, 6.07) is 13.8. The number of hydrogen-bond acceptors (Lipinski definition) is 3. The molecule has 0 aliphatic carbocycles. The topological polar surface area (TPSA) is 46.9 Å². The molecule has 1 N–H and O–H groups in total. The number of thiophene rings is 1. The molecule has 23 heavy (non-hydrogen) atoms. The molecule has 0 aliphatic rings.